The van der Waals surface area contributed by atoms with Crippen molar-refractivity contribution in [3.8, 4) is 11.5 Å². The second-order valence-corrected chi connectivity index (χ2v) is 9.24. The van der Waals surface area contributed by atoms with Crippen LogP contribution in [0.4, 0.5) is 0 Å². The number of carbonyl (C=O) groups excluding carboxylic acids is 1. The first-order chi connectivity index (χ1) is 18.2. The Bertz CT molecular complexity index is 1490. The quantitative estimate of drug-likeness (QED) is 0.177. The first-order valence-electron chi connectivity index (χ1n) is 11.8. The molecule has 0 aliphatic rings. The smallest absolute Gasteiger partial charge is 0.357 e. The van der Waals surface area contributed by atoms with Crippen LogP contribution in [0.2, 0.25) is 0 Å². The fraction of sp³-hybridized carbons (Fsp3) is 0.0968. The largest absolute Gasteiger partial charge is 0.488 e. The summed E-state index contributed by atoms with van der Waals surface area (Å²) in [6.45, 7) is 0.841. The van der Waals surface area contributed by atoms with Gasteiger partial charge in [-0.2, -0.15) is 0 Å². The predicted molar refractivity (Wildman–Crippen MR) is 147 cm³/mol. The number of carbonyl (C=O) groups is 1. The number of benzene rings is 4. The molecule has 0 aliphatic heterocycles. The molecule has 0 unspecified atom stereocenters. The van der Waals surface area contributed by atoms with Crippen molar-refractivity contribution >= 4 is 32.8 Å². The number of nitrogens with zero attached hydrogens (tertiary/aromatic N) is 1. The molecule has 4 aromatic carbocycles. The summed E-state index contributed by atoms with van der Waals surface area (Å²) in [5, 5.41) is 0.738. The lowest BCUT2D eigenvalue weighted by atomic mass is 10.1. The van der Waals surface area contributed by atoms with Gasteiger partial charge in [0.2, 0.25) is 0 Å². The normalized spacial score (nSPS) is 10.7. The van der Waals surface area contributed by atoms with Crippen molar-refractivity contribution in [2.75, 3.05) is 0 Å². The summed E-state index contributed by atoms with van der Waals surface area (Å²) in [4.78, 5) is 17.7. The molecule has 0 saturated carbocycles. The zero-order valence-electron chi connectivity index (χ0n) is 20.0. The van der Waals surface area contributed by atoms with Crippen molar-refractivity contribution < 1.29 is 19.0 Å². The summed E-state index contributed by atoms with van der Waals surface area (Å²) in [6.07, 6.45) is 0. The highest BCUT2D eigenvalue weighted by molar-refractivity contribution is 9.10. The maximum atomic E-state index is 13.1. The molecule has 0 aliphatic carbocycles. The first kappa shape index (κ1) is 24.5. The molecule has 5 aromatic rings. The Hall–Kier alpha value is -4.16. The van der Waals surface area contributed by atoms with E-state index >= 15 is 0 Å². The van der Waals surface area contributed by atoms with Gasteiger partial charge in [0, 0.05) is 11.5 Å². The standard InChI is InChI=1S/C31H24BrNO4/c32-26-17-16-25-28(35-19-22-10-4-1-5-11-22)18-27(31(34)37-21-24-14-8-3-9-15-24)33-29(25)30(26)36-20-23-12-6-2-7-13-23/h1-18H,19-21H2. The maximum absolute atomic E-state index is 13.1. The third kappa shape index (κ3) is 6.16. The van der Waals surface area contributed by atoms with Gasteiger partial charge in [0.05, 0.1) is 4.47 Å². The fourth-order valence-electron chi connectivity index (χ4n) is 3.83. The van der Waals surface area contributed by atoms with Crippen LogP contribution in [0.25, 0.3) is 10.9 Å². The number of hydrogen-bond donors (Lipinski definition) is 0. The van der Waals surface area contributed by atoms with Crippen molar-refractivity contribution in [2.24, 2.45) is 0 Å². The Labute approximate surface area is 223 Å². The van der Waals surface area contributed by atoms with E-state index in [4.69, 9.17) is 14.2 Å². The average Bonchev–Trinajstić information content (AvgIpc) is 2.95. The van der Waals surface area contributed by atoms with E-state index in [1.807, 2.05) is 103 Å². The van der Waals surface area contributed by atoms with Crippen molar-refractivity contribution in [1.82, 2.24) is 4.98 Å². The van der Waals surface area contributed by atoms with E-state index in [0.717, 1.165) is 26.5 Å². The van der Waals surface area contributed by atoms with Gasteiger partial charge in [0.15, 0.2) is 11.4 Å². The molecular formula is C31H24BrNO4. The molecule has 1 aromatic heterocycles. The van der Waals surface area contributed by atoms with Crippen LogP contribution >= 0.6 is 15.9 Å². The van der Waals surface area contributed by atoms with Crippen molar-refractivity contribution in [3.05, 3.63) is 136 Å². The molecule has 5 rings (SSSR count). The second kappa shape index (κ2) is 11.7. The Balaban J connectivity index is 1.49. The third-order valence-electron chi connectivity index (χ3n) is 5.73. The molecule has 184 valence electrons. The Morgan fingerprint density at radius 1 is 0.676 bits per heavy atom. The van der Waals surface area contributed by atoms with Crippen LogP contribution in [-0.4, -0.2) is 11.0 Å². The highest BCUT2D eigenvalue weighted by Crippen LogP contribution is 2.38. The van der Waals surface area contributed by atoms with E-state index in [2.05, 4.69) is 20.9 Å². The van der Waals surface area contributed by atoms with Crippen LogP contribution in [0, 0.1) is 0 Å². The number of esters is 1. The maximum Gasteiger partial charge on any atom is 0.357 e. The van der Waals surface area contributed by atoms with Gasteiger partial charge in [0.1, 0.15) is 31.1 Å². The third-order valence-corrected chi connectivity index (χ3v) is 6.36. The van der Waals surface area contributed by atoms with Crippen LogP contribution in [0.1, 0.15) is 27.2 Å². The minimum Gasteiger partial charge on any atom is -0.488 e. The number of pyridine rings is 1. The number of ether oxygens (including phenoxy) is 3. The van der Waals surface area contributed by atoms with Crippen LogP contribution in [0.15, 0.2) is 114 Å². The number of aromatic nitrogens is 1. The summed E-state index contributed by atoms with van der Waals surface area (Å²) in [6, 6.07) is 34.7. The van der Waals surface area contributed by atoms with E-state index in [1.165, 1.54) is 0 Å². The van der Waals surface area contributed by atoms with Crippen LogP contribution in [0.3, 0.4) is 0 Å². The summed E-state index contributed by atoms with van der Waals surface area (Å²) in [5.41, 5.74) is 3.59. The number of halogens is 1. The van der Waals surface area contributed by atoms with E-state index in [1.54, 1.807) is 6.07 Å². The molecule has 0 fully saturated rings. The molecule has 0 N–H and O–H groups in total. The molecule has 0 bridgehead atoms. The number of fused-ring (bicyclic) bond motifs is 1. The van der Waals surface area contributed by atoms with Gasteiger partial charge < -0.3 is 14.2 Å². The van der Waals surface area contributed by atoms with Crippen molar-refractivity contribution in [2.45, 2.75) is 19.8 Å². The van der Waals surface area contributed by atoms with E-state index < -0.39 is 5.97 Å². The highest BCUT2D eigenvalue weighted by atomic mass is 79.9. The van der Waals surface area contributed by atoms with Gasteiger partial charge in [-0.3, -0.25) is 0 Å². The molecule has 6 heteroatoms. The SMILES string of the molecule is O=C(OCc1ccccc1)c1cc(OCc2ccccc2)c2ccc(Br)c(OCc3ccccc3)c2n1. The lowest BCUT2D eigenvalue weighted by Gasteiger charge is -2.15. The monoisotopic (exact) mass is 553 g/mol. The van der Waals surface area contributed by atoms with Gasteiger partial charge in [-0.05, 0) is 44.8 Å². The minimum atomic E-state index is -0.538. The van der Waals surface area contributed by atoms with E-state index in [9.17, 15) is 4.79 Å². The van der Waals surface area contributed by atoms with Gasteiger partial charge in [-0.15, -0.1) is 0 Å². The van der Waals surface area contributed by atoms with E-state index in [0.29, 0.717) is 30.2 Å². The van der Waals surface area contributed by atoms with Gasteiger partial charge >= 0.3 is 5.97 Å². The summed E-state index contributed by atoms with van der Waals surface area (Å²) < 4.78 is 18.7. The molecule has 0 spiro atoms. The molecule has 1 heterocycles. The average molecular weight is 554 g/mol. The molecule has 0 saturated heterocycles. The molecule has 37 heavy (non-hydrogen) atoms. The lowest BCUT2D eigenvalue weighted by Crippen LogP contribution is -2.09. The summed E-state index contributed by atoms with van der Waals surface area (Å²) >= 11 is 3.59. The molecule has 0 amide bonds. The summed E-state index contributed by atoms with van der Waals surface area (Å²) in [5.74, 6) is 0.519. The predicted octanol–water partition coefficient (Wildman–Crippen LogP) is 7.51. The zero-order chi connectivity index (χ0) is 25.5. The lowest BCUT2D eigenvalue weighted by molar-refractivity contribution is 0.0465. The Kier molecular flexibility index (Phi) is 7.77. The Morgan fingerprint density at radius 3 is 1.81 bits per heavy atom. The van der Waals surface area contributed by atoms with Gasteiger partial charge in [0.25, 0.3) is 0 Å². The van der Waals surface area contributed by atoms with Crippen LogP contribution in [0.5, 0.6) is 11.5 Å². The Morgan fingerprint density at radius 2 is 1.22 bits per heavy atom. The number of hydrogen-bond acceptors (Lipinski definition) is 5. The first-order valence-corrected chi connectivity index (χ1v) is 12.6. The fourth-order valence-corrected chi connectivity index (χ4v) is 4.27. The van der Waals surface area contributed by atoms with Gasteiger partial charge in [-0.1, -0.05) is 91.0 Å². The molecule has 5 nitrogen and oxygen atoms in total. The van der Waals surface area contributed by atoms with Crippen LogP contribution < -0.4 is 9.47 Å². The van der Waals surface area contributed by atoms with Crippen molar-refractivity contribution in [3.63, 3.8) is 0 Å². The number of rotatable bonds is 9. The summed E-state index contributed by atoms with van der Waals surface area (Å²) in [7, 11) is 0. The second-order valence-electron chi connectivity index (χ2n) is 8.39. The molecular weight excluding hydrogens is 530 g/mol. The topological polar surface area (TPSA) is 57.7 Å². The molecule has 0 radical (unpaired) electrons. The minimum absolute atomic E-state index is 0.147. The molecule has 0 atom stereocenters. The van der Waals surface area contributed by atoms with E-state index in [-0.39, 0.29) is 12.3 Å². The van der Waals surface area contributed by atoms with Gasteiger partial charge in [-0.25, -0.2) is 9.78 Å². The van der Waals surface area contributed by atoms with Crippen molar-refractivity contribution in [1.29, 1.82) is 0 Å². The highest BCUT2D eigenvalue weighted by Gasteiger charge is 2.19. The van der Waals surface area contributed by atoms with Crippen LogP contribution in [-0.2, 0) is 24.6 Å². The zero-order valence-corrected chi connectivity index (χ0v) is 21.6.